The van der Waals surface area contributed by atoms with Crippen molar-refractivity contribution in [3.05, 3.63) is 42.2 Å². The quantitative estimate of drug-likeness (QED) is 0.324. The normalized spacial score (nSPS) is 18.1. The molecular formula is C26H31F2N5O5. The van der Waals surface area contributed by atoms with E-state index in [-0.39, 0.29) is 35.8 Å². The van der Waals surface area contributed by atoms with Crippen LogP contribution >= 0.6 is 0 Å². The highest BCUT2D eigenvalue weighted by Crippen LogP contribution is 2.37. The molecule has 10 nitrogen and oxygen atoms in total. The monoisotopic (exact) mass is 531 g/mol. The lowest BCUT2D eigenvalue weighted by Crippen LogP contribution is -2.47. The minimum Gasteiger partial charge on any atom is -0.496 e. The van der Waals surface area contributed by atoms with Crippen molar-refractivity contribution in [1.82, 2.24) is 25.1 Å². The third-order valence-corrected chi connectivity index (χ3v) is 6.69. The average Bonchev–Trinajstić information content (AvgIpc) is 3.62. The van der Waals surface area contributed by atoms with Gasteiger partial charge in [0.25, 0.3) is 5.91 Å². The number of amides is 1. The number of ether oxygens (including phenoxy) is 2. The summed E-state index contributed by atoms with van der Waals surface area (Å²) in [4.78, 5) is 25.2. The van der Waals surface area contributed by atoms with Crippen molar-refractivity contribution < 1.29 is 33.0 Å². The second-order valence-electron chi connectivity index (χ2n) is 9.50. The number of pyridine rings is 1. The molecule has 1 amide bonds. The number of aliphatic hydroxyl groups is 1. The molecule has 12 heteroatoms. The number of methoxy groups -OCH3 is 1. The number of aliphatic hydroxyl groups excluding tert-OH is 1. The Morgan fingerprint density at radius 2 is 2.03 bits per heavy atom. The Morgan fingerprint density at radius 1 is 1.21 bits per heavy atom. The van der Waals surface area contributed by atoms with Crippen molar-refractivity contribution in [2.75, 3.05) is 33.4 Å². The number of hydroxylamine groups is 1. The van der Waals surface area contributed by atoms with Gasteiger partial charge in [0.2, 0.25) is 0 Å². The number of halogens is 2. The number of carbonyl (C=O) groups excluding carboxylic acids is 1. The van der Waals surface area contributed by atoms with Crippen LogP contribution in [0.4, 0.5) is 8.78 Å². The van der Waals surface area contributed by atoms with Crippen LogP contribution in [0.3, 0.4) is 0 Å². The molecule has 1 saturated heterocycles. The first-order valence-electron chi connectivity index (χ1n) is 12.7. The summed E-state index contributed by atoms with van der Waals surface area (Å²) in [6.07, 6.45) is 7.06. The maximum absolute atomic E-state index is 13.3. The van der Waals surface area contributed by atoms with E-state index >= 15 is 0 Å². The molecule has 1 aromatic carbocycles. The van der Waals surface area contributed by atoms with Crippen LogP contribution in [-0.2, 0) is 0 Å². The molecule has 3 heterocycles. The molecule has 0 bridgehead atoms. The van der Waals surface area contributed by atoms with Gasteiger partial charge in [0.1, 0.15) is 22.7 Å². The molecule has 3 N–H and O–H groups in total. The van der Waals surface area contributed by atoms with Gasteiger partial charge < -0.3 is 24.7 Å². The van der Waals surface area contributed by atoms with Crippen molar-refractivity contribution in [2.45, 2.75) is 44.4 Å². The van der Waals surface area contributed by atoms with Crippen molar-refractivity contribution in [3.63, 3.8) is 0 Å². The van der Waals surface area contributed by atoms with E-state index < -0.39 is 12.5 Å². The summed E-state index contributed by atoms with van der Waals surface area (Å²) in [5.74, 6) is -0.0933. The van der Waals surface area contributed by atoms with Crippen LogP contribution in [-0.4, -0.2) is 77.3 Å². The molecule has 0 spiro atoms. The van der Waals surface area contributed by atoms with Crippen LogP contribution < -0.4 is 25.1 Å². The molecule has 2 aromatic heterocycles. The summed E-state index contributed by atoms with van der Waals surface area (Å²) in [7, 11) is 1.37. The van der Waals surface area contributed by atoms with E-state index in [9.17, 15) is 18.7 Å². The highest BCUT2D eigenvalue weighted by molar-refractivity contribution is 6.01. The molecule has 38 heavy (non-hydrogen) atoms. The van der Waals surface area contributed by atoms with Gasteiger partial charge in [-0.3, -0.25) is 14.1 Å². The van der Waals surface area contributed by atoms with Gasteiger partial charge in [0.15, 0.2) is 5.75 Å². The Morgan fingerprint density at radius 3 is 2.76 bits per heavy atom. The summed E-state index contributed by atoms with van der Waals surface area (Å²) in [5, 5.41) is 12.0. The third-order valence-electron chi connectivity index (χ3n) is 6.69. The highest BCUT2D eigenvalue weighted by Gasteiger charge is 2.29. The predicted molar refractivity (Wildman–Crippen MR) is 135 cm³/mol. The van der Waals surface area contributed by atoms with Crippen molar-refractivity contribution in [1.29, 1.82) is 0 Å². The summed E-state index contributed by atoms with van der Waals surface area (Å²) in [6.45, 7) is -0.595. The number of nitrogens with zero attached hydrogens (tertiary/aromatic N) is 3. The van der Waals surface area contributed by atoms with E-state index in [0.29, 0.717) is 29.2 Å². The van der Waals surface area contributed by atoms with Gasteiger partial charge >= 0.3 is 6.61 Å². The largest absolute Gasteiger partial charge is 0.496 e. The Kier molecular flexibility index (Phi) is 7.91. The van der Waals surface area contributed by atoms with Gasteiger partial charge in [0, 0.05) is 37.0 Å². The average molecular weight is 532 g/mol. The number of carbonyl (C=O) groups is 1. The second kappa shape index (κ2) is 11.5. The summed E-state index contributed by atoms with van der Waals surface area (Å²) in [5.41, 5.74) is 4.70. The Bertz CT molecular complexity index is 1280. The molecule has 1 atom stereocenters. The van der Waals surface area contributed by atoms with E-state index in [1.54, 1.807) is 35.0 Å². The number of likely N-dealkylation sites (tertiary alicyclic amines) is 1. The van der Waals surface area contributed by atoms with E-state index in [1.807, 2.05) is 0 Å². The number of rotatable bonds is 11. The molecule has 1 saturated carbocycles. The van der Waals surface area contributed by atoms with Crippen LogP contribution in [0.25, 0.3) is 16.9 Å². The molecule has 204 valence electrons. The maximum atomic E-state index is 13.3. The van der Waals surface area contributed by atoms with E-state index in [0.717, 1.165) is 38.8 Å². The minimum absolute atomic E-state index is 0.0357. The molecule has 3 aromatic rings. The molecule has 1 aliphatic heterocycles. The molecule has 0 radical (unpaired) electrons. The zero-order valence-electron chi connectivity index (χ0n) is 21.0. The number of aromatic nitrogens is 2. The number of piperidine rings is 1. The Hall–Kier alpha value is -3.48. The Balaban J connectivity index is 1.38. The summed E-state index contributed by atoms with van der Waals surface area (Å²) < 4.78 is 38.5. The van der Waals surface area contributed by atoms with Gasteiger partial charge in [-0.05, 0) is 50.4 Å². The lowest BCUT2D eigenvalue weighted by molar-refractivity contribution is -0.0502. The maximum Gasteiger partial charge on any atom is 0.387 e. The number of nitrogens with one attached hydrogen (secondary N) is 2. The number of imidazole rings is 1. The lowest BCUT2D eigenvalue weighted by atomic mass is 10.1. The van der Waals surface area contributed by atoms with Gasteiger partial charge in [-0.2, -0.15) is 14.3 Å². The molecule has 2 fully saturated rings. The fourth-order valence-corrected chi connectivity index (χ4v) is 4.68. The summed E-state index contributed by atoms with van der Waals surface area (Å²) >= 11 is 0. The van der Waals surface area contributed by atoms with Gasteiger partial charge in [-0.25, -0.2) is 4.98 Å². The topological polar surface area (TPSA) is 110 Å². The lowest BCUT2D eigenvalue weighted by Gasteiger charge is -2.32. The van der Waals surface area contributed by atoms with Crippen LogP contribution in [0, 0.1) is 0 Å². The predicted octanol–water partition coefficient (Wildman–Crippen LogP) is 2.84. The number of fused-ring (bicyclic) bond motifs is 1. The van der Waals surface area contributed by atoms with E-state index in [4.69, 9.17) is 14.3 Å². The van der Waals surface area contributed by atoms with Crippen LogP contribution in [0.15, 0.2) is 36.7 Å². The zero-order chi connectivity index (χ0) is 26.6. The second-order valence-corrected chi connectivity index (χ2v) is 9.50. The fourth-order valence-electron chi connectivity index (χ4n) is 4.68. The molecular weight excluding hydrogens is 500 g/mol. The van der Waals surface area contributed by atoms with Crippen molar-refractivity contribution in [2.24, 2.45) is 0 Å². The molecule has 5 rings (SSSR count). The zero-order valence-corrected chi connectivity index (χ0v) is 21.0. The number of β-amino-alcohol motifs (C(OH)–C–C–N with tert-alkyl or cyclic N) is 1. The smallest absolute Gasteiger partial charge is 0.387 e. The number of alkyl halides is 2. The first-order chi connectivity index (χ1) is 18.4. The van der Waals surface area contributed by atoms with Crippen molar-refractivity contribution in [3.8, 4) is 28.5 Å². The standard InChI is InChI=1S/C26H31F2N5O5/c1-36-21-11-16(12-22(37-26(27)28)24(21)25(35)30-17-4-5-17)20-14-29-23-13-19(6-8-33(20)23)38-31-18-3-2-7-32(15-18)9-10-34/h6,8,11-14,17-18,26,31,34H,2-5,7,9-10,15H2,1H3,(H,30,35)/t18-/m0/s1. The first kappa shape index (κ1) is 26.1. The van der Waals surface area contributed by atoms with Crippen LogP contribution in [0.2, 0.25) is 0 Å². The minimum atomic E-state index is -3.11. The molecule has 2 aliphatic rings. The fraction of sp³-hybridized carbons (Fsp3) is 0.462. The van der Waals surface area contributed by atoms with Crippen LogP contribution in [0.1, 0.15) is 36.0 Å². The highest BCUT2D eigenvalue weighted by atomic mass is 19.3. The van der Waals surface area contributed by atoms with Gasteiger partial charge in [0.05, 0.1) is 31.6 Å². The van der Waals surface area contributed by atoms with E-state index in [2.05, 4.69) is 20.7 Å². The van der Waals surface area contributed by atoms with Gasteiger partial charge in [-0.15, -0.1) is 0 Å². The molecule has 1 aliphatic carbocycles. The van der Waals surface area contributed by atoms with Crippen molar-refractivity contribution >= 4 is 11.6 Å². The number of benzene rings is 1. The SMILES string of the molecule is COc1cc(-c2cnc3cc(ON[C@H]4CCCN(CCO)C4)ccn23)cc(OC(F)F)c1C(=O)NC1CC1. The number of hydrogen-bond donors (Lipinski definition) is 3. The summed E-state index contributed by atoms with van der Waals surface area (Å²) in [6, 6.07) is 6.71. The van der Waals surface area contributed by atoms with Gasteiger partial charge in [-0.1, -0.05) is 0 Å². The Labute approximate surface area is 218 Å². The molecule has 0 unspecified atom stereocenters. The van der Waals surface area contributed by atoms with E-state index in [1.165, 1.54) is 13.2 Å². The third kappa shape index (κ3) is 5.98. The van der Waals surface area contributed by atoms with Crippen LogP contribution in [0.5, 0.6) is 17.2 Å². The first-order valence-corrected chi connectivity index (χ1v) is 12.7. The number of hydrogen-bond acceptors (Lipinski definition) is 8.